The summed E-state index contributed by atoms with van der Waals surface area (Å²) in [7, 11) is 2.68. The number of Topliss-reactive ketones (excluding diaryl/α,β-unsaturated/α-hetero) is 1. The lowest BCUT2D eigenvalue weighted by Crippen LogP contribution is -2.45. The zero-order chi connectivity index (χ0) is 18.9. The van der Waals surface area contributed by atoms with Gasteiger partial charge in [0.2, 0.25) is 0 Å². The van der Waals surface area contributed by atoms with Gasteiger partial charge in [-0.1, -0.05) is 12.1 Å². The molecule has 0 aliphatic carbocycles. The van der Waals surface area contributed by atoms with E-state index in [1.165, 1.54) is 26.2 Å². The van der Waals surface area contributed by atoms with Crippen LogP contribution in [0.2, 0.25) is 0 Å². The normalized spacial score (nSPS) is 13.5. The van der Waals surface area contributed by atoms with E-state index in [1.54, 1.807) is 26.0 Å². The van der Waals surface area contributed by atoms with Gasteiger partial charge < -0.3 is 11.1 Å². The highest BCUT2D eigenvalue weighted by molar-refractivity contribution is 6.03. The number of anilines is 1. The first-order chi connectivity index (χ1) is 11.6. The van der Waals surface area contributed by atoms with E-state index in [2.05, 4.69) is 5.32 Å². The van der Waals surface area contributed by atoms with Crippen molar-refractivity contribution in [1.29, 1.82) is 0 Å². The lowest BCUT2D eigenvalue weighted by Gasteiger charge is -2.20. The van der Waals surface area contributed by atoms with Crippen LogP contribution < -0.4 is 22.3 Å². The highest BCUT2D eigenvalue weighted by Gasteiger charge is 2.25. The summed E-state index contributed by atoms with van der Waals surface area (Å²) in [6, 6.07) is 4.93. The average molecular weight is 348 g/mol. The summed E-state index contributed by atoms with van der Waals surface area (Å²) in [6.07, 6.45) is 0. The van der Waals surface area contributed by atoms with Gasteiger partial charge >= 0.3 is 5.69 Å². The predicted molar refractivity (Wildman–Crippen MR) is 93.1 cm³/mol. The highest BCUT2D eigenvalue weighted by atomic mass is 19.1. The quantitative estimate of drug-likeness (QED) is 0.776. The number of nitrogens with two attached hydrogens (primary N) is 1. The zero-order valence-electron chi connectivity index (χ0n) is 14.5. The van der Waals surface area contributed by atoms with Gasteiger partial charge in [-0.15, -0.1) is 0 Å². The standard InChI is InChI=1S/C17H21FN4O3/c1-9(11-6-5-7-12(18)8-11)20-10(2)14(23)13-15(19)21(3)17(25)22(4)16(13)24/h5-10,20H,19H2,1-4H3/t9-,10-/m1/s1. The predicted octanol–water partition coefficient (Wildman–Crippen LogP) is 0.727. The first-order valence-corrected chi connectivity index (χ1v) is 7.76. The number of ketones is 1. The van der Waals surface area contributed by atoms with E-state index < -0.39 is 23.1 Å². The minimum atomic E-state index is -0.759. The van der Waals surface area contributed by atoms with Crippen LogP contribution in [-0.2, 0) is 14.1 Å². The Labute approximate surface area is 143 Å². The number of carbonyl (C=O) groups excluding carboxylic acids is 1. The molecule has 2 atom stereocenters. The average Bonchev–Trinajstić information content (AvgIpc) is 2.58. The third-order valence-corrected chi connectivity index (χ3v) is 4.20. The molecular formula is C17H21FN4O3. The summed E-state index contributed by atoms with van der Waals surface area (Å²) in [4.78, 5) is 36.8. The summed E-state index contributed by atoms with van der Waals surface area (Å²) in [5.41, 5.74) is 4.89. The molecule has 0 spiro atoms. The maximum absolute atomic E-state index is 13.3. The van der Waals surface area contributed by atoms with E-state index in [1.807, 2.05) is 0 Å². The van der Waals surface area contributed by atoms with E-state index in [-0.39, 0.29) is 23.2 Å². The van der Waals surface area contributed by atoms with Crippen LogP contribution in [0.4, 0.5) is 10.2 Å². The molecule has 1 aromatic heterocycles. The number of hydrogen-bond donors (Lipinski definition) is 2. The summed E-state index contributed by atoms with van der Waals surface area (Å²) < 4.78 is 15.2. The van der Waals surface area contributed by atoms with Gasteiger partial charge in [-0.2, -0.15) is 0 Å². The molecule has 7 nitrogen and oxygen atoms in total. The summed E-state index contributed by atoms with van der Waals surface area (Å²) in [5.74, 6) is -1.08. The molecule has 0 aliphatic heterocycles. The summed E-state index contributed by atoms with van der Waals surface area (Å²) in [6.45, 7) is 3.36. The Hall–Kier alpha value is -2.74. The van der Waals surface area contributed by atoms with E-state index in [0.29, 0.717) is 5.56 Å². The molecule has 2 rings (SSSR count). The number of aromatic nitrogens is 2. The largest absolute Gasteiger partial charge is 0.384 e. The van der Waals surface area contributed by atoms with E-state index in [9.17, 15) is 18.8 Å². The SMILES string of the molecule is C[C@@H](N[C@H](C)c1cccc(F)c1)C(=O)c1c(N)n(C)c(=O)n(C)c1=O. The Bertz CT molecular complexity index is 932. The highest BCUT2D eigenvalue weighted by Crippen LogP contribution is 2.15. The number of halogens is 1. The van der Waals surface area contributed by atoms with Crippen molar-refractivity contribution in [3.63, 3.8) is 0 Å². The van der Waals surface area contributed by atoms with Crippen molar-refractivity contribution in [3.8, 4) is 0 Å². The molecule has 25 heavy (non-hydrogen) atoms. The van der Waals surface area contributed by atoms with Gasteiger partial charge in [-0.3, -0.25) is 18.7 Å². The Balaban J connectivity index is 2.32. The molecule has 1 aromatic carbocycles. The first-order valence-electron chi connectivity index (χ1n) is 7.76. The Morgan fingerprint density at radius 2 is 1.84 bits per heavy atom. The fourth-order valence-electron chi connectivity index (χ4n) is 2.63. The van der Waals surface area contributed by atoms with Gasteiger partial charge in [0.1, 0.15) is 17.2 Å². The maximum Gasteiger partial charge on any atom is 0.332 e. The van der Waals surface area contributed by atoms with E-state index in [0.717, 1.165) is 9.13 Å². The molecule has 0 fully saturated rings. The molecule has 1 heterocycles. The number of nitrogen functional groups attached to an aromatic ring is 1. The molecular weight excluding hydrogens is 327 g/mol. The molecule has 0 unspecified atom stereocenters. The Morgan fingerprint density at radius 3 is 2.44 bits per heavy atom. The van der Waals surface area contributed by atoms with Crippen molar-refractivity contribution >= 4 is 11.6 Å². The van der Waals surface area contributed by atoms with Crippen molar-refractivity contribution in [1.82, 2.24) is 14.5 Å². The molecule has 8 heteroatoms. The fraction of sp³-hybridized carbons (Fsp3) is 0.353. The lowest BCUT2D eigenvalue weighted by atomic mass is 10.0. The van der Waals surface area contributed by atoms with Crippen LogP contribution in [0.3, 0.4) is 0 Å². The fourth-order valence-corrected chi connectivity index (χ4v) is 2.63. The van der Waals surface area contributed by atoms with E-state index in [4.69, 9.17) is 5.73 Å². The van der Waals surface area contributed by atoms with Crippen molar-refractivity contribution in [2.75, 3.05) is 5.73 Å². The van der Waals surface area contributed by atoms with Gasteiger partial charge in [0.15, 0.2) is 5.78 Å². The molecule has 2 aromatic rings. The van der Waals surface area contributed by atoms with Crippen molar-refractivity contribution in [2.45, 2.75) is 25.9 Å². The van der Waals surface area contributed by atoms with Gasteiger partial charge in [-0.05, 0) is 31.5 Å². The molecule has 134 valence electrons. The Morgan fingerprint density at radius 1 is 1.20 bits per heavy atom. The first kappa shape index (κ1) is 18.6. The van der Waals surface area contributed by atoms with Crippen LogP contribution in [0.5, 0.6) is 0 Å². The molecule has 0 saturated carbocycles. The van der Waals surface area contributed by atoms with Crippen LogP contribution in [0.15, 0.2) is 33.9 Å². The monoisotopic (exact) mass is 348 g/mol. The summed E-state index contributed by atoms with van der Waals surface area (Å²) in [5, 5.41) is 3.02. The Kier molecular flexibility index (Phi) is 5.22. The molecule has 0 amide bonds. The minimum Gasteiger partial charge on any atom is -0.384 e. The summed E-state index contributed by atoms with van der Waals surface area (Å²) >= 11 is 0. The van der Waals surface area contributed by atoms with E-state index >= 15 is 0 Å². The van der Waals surface area contributed by atoms with Crippen molar-refractivity contribution < 1.29 is 9.18 Å². The smallest absolute Gasteiger partial charge is 0.332 e. The number of nitrogens with one attached hydrogen (secondary N) is 1. The number of hydrogen-bond acceptors (Lipinski definition) is 5. The topological polar surface area (TPSA) is 99.1 Å². The molecule has 3 N–H and O–H groups in total. The second-order valence-electron chi connectivity index (χ2n) is 6.00. The lowest BCUT2D eigenvalue weighted by molar-refractivity contribution is 0.0943. The van der Waals surface area contributed by atoms with Crippen LogP contribution in [-0.4, -0.2) is 21.0 Å². The number of benzene rings is 1. The maximum atomic E-state index is 13.3. The van der Waals surface area contributed by atoms with Gasteiger partial charge in [0.05, 0.1) is 6.04 Å². The van der Waals surface area contributed by atoms with Gasteiger partial charge in [0.25, 0.3) is 5.56 Å². The van der Waals surface area contributed by atoms with Gasteiger partial charge in [-0.25, -0.2) is 9.18 Å². The molecule has 0 saturated heterocycles. The molecule has 0 aliphatic rings. The van der Waals surface area contributed by atoms with Crippen LogP contribution in [0.25, 0.3) is 0 Å². The van der Waals surface area contributed by atoms with Crippen molar-refractivity contribution in [3.05, 3.63) is 62.0 Å². The third-order valence-electron chi connectivity index (χ3n) is 4.20. The molecule has 0 bridgehead atoms. The third kappa shape index (κ3) is 3.53. The number of carbonyl (C=O) groups is 1. The minimum absolute atomic E-state index is 0.176. The van der Waals surface area contributed by atoms with Crippen molar-refractivity contribution in [2.24, 2.45) is 14.1 Å². The van der Waals surface area contributed by atoms with Gasteiger partial charge in [0, 0.05) is 20.1 Å². The second-order valence-corrected chi connectivity index (χ2v) is 6.00. The van der Waals surface area contributed by atoms with Crippen LogP contribution >= 0.6 is 0 Å². The second kappa shape index (κ2) is 7.02. The van der Waals surface area contributed by atoms with Crippen LogP contribution in [0, 0.1) is 5.82 Å². The zero-order valence-corrected chi connectivity index (χ0v) is 14.5. The van der Waals surface area contributed by atoms with Crippen LogP contribution in [0.1, 0.15) is 35.8 Å². The molecule has 0 radical (unpaired) electrons. The number of rotatable bonds is 5. The number of nitrogens with zero attached hydrogens (tertiary/aromatic N) is 2.